The summed E-state index contributed by atoms with van der Waals surface area (Å²) in [6.45, 7) is -1.61. The molecule has 100 valence electrons. The van der Waals surface area contributed by atoms with Crippen molar-refractivity contribution in [2.24, 2.45) is 5.73 Å². The predicted molar refractivity (Wildman–Crippen MR) is 63.2 cm³/mol. The highest BCUT2D eigenvalue weighted by molar-refractivity contribution is 5.82. The molecule has 3 N–H and O–H groups in total. The van der Waals surface area contributed by atoms with Crippen LogP contribution in [0.2, 0.25) is 0 Å². The molecule has 0 fully saturated rings. The number of rotatable bonds is 6. The Balaban J connectivity index is 2.64. The van der Waals surface area contributed by atoms with Crippen molar-refractivity contribution in [2.75, 3.05) is 20.2 Å². The Morgan fingerprint density at radius 1 is 1.44 bits per heavy atom. The number of hydrogen-bond donors (Lipinski definition) is 2. The van der Waals surface area contributed by atoms with E-state index in [2.05, 4.69) is 5.32 Å². The van der Waals surface area contributed by atoms with Crippen molar-refractivity contribution in [3.8, 4) is 0 Å². The molecule has 0 aliphatic carbocycles. The first kappa shape index (κ1) is 14.5. The van der Waals surface area contributed by atoms with Gasteiger partial charge >= 0.3 is 0 Å². The average molecular weight is 258 g/mol. The minimum atomic E-state index is -3.11. The molecule has 0 saturated carbocycles. The summed E-state index contributed by atoms with van der Waals surface area (Å²) >= 11 is 0. The summed E-state index contributed by atoms with van der Waals surface area (Å²) in [6.07, 6.45) is -0.903. The zero-order valence-corrected chi connectivity index (χ0v) is 10.0. The van der Waals surface area contributed by atoms with Gasteiger partial charge in [0.15, 0.2) is 6.10 Å². The maximum atomic E-state index is 12.9. The first-order valence-corrected chi connectivity index (χ1v) is 5.43. The van der Waals surface area contributed by atoms with Crippen LogP contribution in [0.1, 0.15) is 11.7 Å². The number of hydrogen-bond acceptors (Lipinski definition) is 3. The molecule has 0 aliphatic rings. The van der Waals surface area contributed by atoms with Gasteiger partial charge in [-0.2, -0.15) is 0 Å². The molecule has 0 bridgehead atoms. The van der Waals surface area contributed by atoms with Gasteiger partial charge in [-0.3, -0.25) is 4.79 Å². The molecule has 0 spiro atoms. The van der Waals surface area contributed by atoms with E-state index in [-0.39, 0.29) is 0 Å². The van der Waals surface area contributed by atoms with Gasteiger partial charge in [0, 0.05) is 7.11 Å². The lowest BCUT2D eigenvalue weighted by atomic mass is 10.1. The van der Waals surface area contributed by atoms with Crippen molar-refractivity contribution in [1.29, 1.82) is 0 Å². The molecule has 1 rings (SSSR count). The highest BCUT2D eigenvalue weighted by Crippen LogP contribution is 2.17. The molecule has 0 radical (unpaired) electrons. The summed E-state index contributed by atoms with van der Waals surface area (Å²) in [6, 6.07) is 8.65. The van der Waals surface area contributed by atoms with E-state index in [1.54, 1.807) is 30.3 Å². The third-order valence-electron chi connectivity index (χ3n) is 2.40. The van der Waals surface area contributed by atoms with Crippen LogP contribution in [-0.2, 0) is 9.53 Å². The van der Waals surface area contributed by atoms with Crippen molar-refractivity contribution < 1.29 is 18.3 Å². The number of alkyl halides is 2. The molecular weight excluding hydrogens is 242 g/mol. The van der Waals surface area contributed by atoms with E-state index in [1.165, 1.54) is 7.11 Å². The van der Waals surface area contributed by atoms with Gasteiger partial charge in [-0.1, -0.05) is 30.3 Å². The molecular formula is C12H16F2N2O2. The van der Waals surface area contributed by atoms with Gasteiger partial charge in [0.1, 0.15) is 0 Å². The predicted octanol–water partition coefficient (Wildman–Crippen LogP) is 1.08. The molecule has 1 atom stereocenters. The van der Waals surface area contributed by atoms with Crippen LogP contribution < -0.4 is 11.1 Å². The van der Waals surface area contributed by atoms with Gasteiger partial charge in [-0.25, -0.2) is 8.78 Å². The summed E-state index contributed by atoms with van der Waals surface area (Å²) in [7, 11) is 1.35. The molecule has 0 aliphatic heterocycles. The van der Waals surface area contributed by atoms with E-state index in [0.717, 1.165) is 0 Å². The van der Waals surface area contributed by atoms with Gasteiger partial charge in [0.2, 0.25) is 0 Å². The number of nitrogens with two attached hydrogens (primary N) is 1. The van der Waals surface area contributed by atoms with E-state index in [4.69, 9.17) is 10.5 Å². The van der Waals surface area contributed by atoms with Gasteiger partial charge < -0.3 is 15.8 Å². The Bertz CT molecular complexity index is 385. The summed E-state index contributed by atoms with van der Waals surface area (Å²) in [5.41, 5.74) is 5.48. The van der Waals surface area contributed by atoms with Crippen LogP contribution in [0, 0.1) is 0 Å². The van der Waals surface area contributed by atoms with Crippen molar-refractivity contribution in [2.45, 2.75) is 12.0 Å². The lowest BCUT2D eigenvalue weighted by molar-refractivity contribution is -0.133. The molecule has 1 aromatic rings. The van der Waals surface area contributed by atoms with Gasteiger partial charge in [-0.05, 0) is 5.56 Å². The second-order valence-corrected chi connectivity index (χ2v) is 3.80. The Labute approximate surface area is 104 Å². The van der Waals surface area contributed by atoms with Crippen LogP contribution in [0.5, 0.6) is 0 Å². The monoisotopic (exact) mass is 258 g/mol. The smallest absolute Gasteiger partial charge is 0.277 e. The normalized spacial score (nSPS) is 13.1. The lowest BCUT2D eigenvalue weighted by Crippen LogP contribution is -2.43. The van der Waals surface area contributed by atoms with Crippen LogP contribution >= 0.6 is 0 Å². The molecule has 1 unspecified atom stereocenters. The summed E-state index contributed by atoms with van der Waals surface area (Å²) < 4.78 is 30.8. The Morgan fingerprint density at radius 3 is 2.56 bits per heavy atom. The van der Waals surface area contributed by atoms with Crippen LogP contribution in [-0.4, -0.2) is 32.0 Å². The van der Waals surface area contributed by atoms with Gasteiger partial charge in [-0.15, -0.1) is 0 Å². The minimum Gasteiger partial charge on any atom is -0.367 e. The number of carbonyl (C=O) groups excluding carboxylic acids is 1. The Kier molecular flexibility index (Phi) is 5.18. The third-order valence-corrected chi connectivity index (χ3v) is 2.40. The first-order valence-electron chi connectivity index (χ1n) is 5.43. The van der Waals surface area contributed by atoms with E-state index >= 15 is 0 Å². The molecule has 0 saturated heterocycles. The lowest BCUT2D eigenvalue weighted by Gasteiger charge is -2.18. The fraction of sp³-hybridized carbons (Fsp3) is 0.417. The molecule has 0 heterocycles. The largest absolute Gasteiger partial charge is 0.367 e. The standard InChI is InChI=1S/C12H16F2N2O2/c1-18-10(9-5-3-2-4-6-9)11(17)16-8-12(13,14)7-15/h2-6,10H,7-8,15H2,1H3,(H,16,17). The van der Waals surface area contributed by atoms with Crippen molar-refractivity contribution in [1.82, 2.24) is 5.32 Å². The summed E-state index contributed by atoms with van der Waals surface area (Å²) in [5.74, 6) is -3.72. The van der Waals surface area contributed by atoms with Crippen LogP contribution in [0.25, 0.3) is 0 Å². The fourth-order valence-corrected chi connectivity index (χ4v) is 1.40. The first-order chi connectivity index (χ1) is 8.50. The Hall–Kier alpha value is -1.53. The summed E-state index contributed by atoms with van der Waals surface area (Å²) in [5, 5.41) is 2.13. The number of benzene rings is 1. The summed E-state index contributed by atoms with van der Waals surface area (Å²) in [4.78, 5) is 11.7. The van der Waals surface area contributed by atoms with Crippen molar-refractivity contribution in [3.63, 3.8) is 0 Å². The fourth-order valence-electron chi connectivity index (χ4n) is 1.40. The molecule has 1 amide bonds. The van der Waals surface area contributed by atoms with E-state index in [1.807, 2.05) is 0 Å². The van der Waals surface area contributed by atoms with E-state index in [9.17, 15) is 13.6 Å². The zero-order chi connectivity index (χ0) is 13.6. The third kappa shape index (κ3) is 4.05. The highest BCUT2D eigenvalue weighted by Gasteiger charge is 2.29. The van der Waals surface area contributed by atoms with Gasteiger partial charge in [0.05, 0.1) is 13.1 Å². The quantitative estimate of drug-likeness (QED) is 0.802. The van der Waals surface area contributed by atoms with Crippen LogP contribution in [0.3, 0.4) is 0 Å². The maximum Gasteiger partial charge on any atom is 0.277 e. The number of methoxy groups -OCH3 is 1. The average Bonchev–Trinajstić information content (AvgIpc) is 2.39. The number of amides is 1. The zero-order valence-electron chi connectivity index (χ0n) is 10.0. The molecule has 4 nitrogen and oxygen atoms in total. The number of halogens is 2. The number of carbonyl (C=O) groups is 1. The number of nitrogens with one attached hydrogen (secondary N) is 1. The van der Waals surface area contributed by atoms with Crippen molar-refractivity contribution in [3.05, 3.63) is 35.9 Å². The van der Waals surface area contributed by atoms with Crippen molar-refractivity contribution >= 4 is 5.91 Å². The van der Waals surface area contributed by atoms with E-state index in [0.29, 0.717) is 5.56 Å². The molecule has 0 aromatic heterocycles. The highest BCUT2D eigenvalue weighted by atomic mass is 19.3. The van der Waals surface area contributed by atoms with Crippen LogP contribution in [0.15, 0.2) is 30.3 Å². The topological polar surface area (TPSA) is 64.3 Å². The second-order valence-electron chi connectivity index (χ2n) is 3.80. The van der Waals surface area contributed by atoms with Crippen LogP contribution in [0.4, 0.5) is 8.78 Å². The molecule has 18 heavy (non-hydrogen) atoms. The van der Waals surface area contributed by atoms with E-state index < -0.39 is 31.0 Å². The molecule has 1 aromatic carbocycles. The Morgan fingerprint density at radius 2 is 2.06 bits per heavy atom. The van der Waals surface area contributed by atoms with Gasteiger partial charge in [0.25, 0.3) is 11.8 Å². The maximum absolute atomic E-state index is 12.9. The second kappa shape index (κ2) is 6.42. The SMILES string of the molecule is COC(C(=O)NCC(F)(F)CN)c1ccccc1. The minimum absolute atomic E-state index is 0.605. The molecule has 6 heteroatoms. The number of ether oxygens (including phenoxy) is 1.